The molecule has 0 spiro atoms. The van der Waals surface area contributed by atoms with E-state index < -0.39 is 6.10 Å². The SMILES string of the molecule is Cc1cccc(O[C@@H](C)C(=O)N2CCC[C@H](c3nc4ccccc4s3)C2)c1. The highest BCUT2D eigenvalue weighted by atomic mass is 32.1. The van der Waals surface area contributed by atoms with E-state index in [1.165, 1.54) is 4.70 Å². The predicted molar refractivity (Wildman–Crippen MR) is 109 cm³/mol. The van der Waals surface area contributed by atoms with Gasteiger partial charge in [-0.3, -0.25) is 4.79 Å². The van der Waals surface area contributed by atoms with E-state index in [0.29, 0.717) is 5.92 Å². The summed E-state index contributed by atoms with van der Waals surface area (Å²) in [6.07, 6.45) is 1.60. The van der Waals surface area contributed by atoms with Crippen molar-refractivity contribution in [3.63, 3.8) is 0 Å². The molecule has 1 aliphatic heterocycles. The lowest BCUT2D eigenvalue weighted by Gasteiger charge is -2.33. The first-order chi connectivity index (χ1) is 13.1. The number of hydrogen-bond acceptors (Lipinski definition) is 4. The van der Waals surface area contributed by atoms with Crippen LogP contribution in [0.4, 0.5) is 0 Å². The number of piperidine rings is 1. The minimum atomic E-state index is -0.485. The molecule has 2 heterocycles. The normalized spacial score (nSPS) is 18.4. The van der Waals surface area contributed by atoms with Gasteiger partial charge in [-0.05, 0) is 56.5 Å². The van der Waals surface area contributed by atoms with Crippen molar-refractivity contribution < 1.29 is 9.53 Å². The molecule has 4 nitrogen and oxygen atoms in total. The van der Waals surface area contributed by atoms with Gasteiger partial charge in [0.2, 0.25) is 0 Å². The van der Waals surface area contributed by atoms with E-state index in [0.717, 1.165) is 47.8 Å². The number of thiazole rings is 1. The molecule has 1 amide bonds. The van der Waals surface area contributed by atoms with Gasteiger partial charge in [0, 0.05) is 19.0 Å². The fraction of sp³-hybridized carbons (Fsp3) is 0.364. The second-order valence-electron chi connectivity index (χ2n) is 7.22. The van der Waals surface area contributed by atoms with E-state index in [1.54, 1.807) is 11.3 Å². The smallest absolute Gasteiger partial charge is 0.263 e. The number of amides is 1. The lowest BCUT2D eigenvalue weighted by molar-refractivity contribution is -0.139. The molecule has 1 aromatic heterocycles. The Morgan fingerprint density at radius 1 is 1.26 bits per heavy atom. The largest absolute Gasteiger partial charge is 0.481 e. The van der Waals surface area contributed by atoms with Crippen molar-refractivity contribution in [2.75, 3.05) is 13.1 Å². The molecule has 0 unspecified atom stereocenters. The molecule has 1 fully saturated rings. The Kier molecular flexibility index (Phi) is 5.12. The Morgan fingerprint density at radius 3 is 2.93 bits per heavy atom. The van der Waals surface area contributed by atoms with Gasteiger partial charge in [0.15, 0.2) is 6.10 Å². The van der Waals surface area contributed by atoms with Gasteiger partial charge in [0.25, 0.3) is 5.91 Å². The Bertz CT molecular complexity index is 919. The molecule has 0 saturated carbocycles. The van der Waals surface area contributed by atoms with Crippen LogP contribution in [0.15, 0.2) is 48.5 Å². The summed E-state index contributed by atoms with van der Waals surface area (Å²) < 4.78 is 7.11. The van der Waals surface area contributed by atoms with Crippen molar-refractivity contribution in [1.29, 1.82) is 0 Å². The summed E-state index contributed by atoms with van der Waals surface area (Å²) in [6, 6.07) is 16.1. The number of ether oxygens (including phenoxy) is 1. The molecule has 2 aromatic carbocycles. The molecule has 140 valence electrons. The van der Waals surface area contributed by atoms with Gasteiger partial charge in [-0.2, -0.15) is 0 Å². The maximum absolute atomic E-state index is 12.9. The van der Waals surface area contributed by atoms with Crippen LogP contribution < -0.4 is 4.74 Å². The van der Waals surface area contributed by atoms with Crippen molar-refractivity contribution >= 4 is 27.5 Å². The zero-order valence-corrected chi connectivity index (χ0v) is 16.5. The van der Waals surface area contributed by atoms with Crippen molar-refractivity contribution in [3.8, 4) is 5.75 Å². The van der Waals surface area contributed by atoms with E-state index in [2.05, 4.69) is 12.1 Å². The van der Waals surface area contributed by atoms with Crippen molar-refractivity contribution in [2.24, 2.45) is 0 Å². The number of likely N-dealkylation sites (tertiary alicyclic amines) is 1. The first-order valence-corrected chi connectivity index (χ1v) is 10.3. The number of rotatable bonds is 4. The van der Waals surface area contributed by atoms with E-state index in [4.69, 9.17) is 9.72 Å². The van der Waals surface area contributed by atoms with Gasteiger partial charge in [-0.15, -0.1) is 11.3 Å². The maximum atomic E-state index is 12.9. The molecular formula is C22H24N2O2S. The zero-order valence-electron chi connectivity index (χ0n) is 15.7. The summed E-state index contributed by atoms with van der Waals surface area (Å²) in [5.41, 5.74) is 2.18. The van der Waals surface area contributed by atoms with Crippen LogP contribution in [0.3, 0.4) is 0 Å². The van der Waals surface area contributed by atoms with Crippen LogP contribution in [-0.2, 0) is 4.79 Å². The van der Waals surface area contributed by atoms with E-state index in [-0.39, 0.29) is 5.91 Å². The molecule has 0 N–H and O–H groups in total. The van der Waals surface area contributed by atoms with E-state index in [1.807, 2.05) is 55.1 Å². The summed E-state index contributed by atoms with van der Waals surface area (Å²) in [4.78, 5) is 19.7. The van der Waals surface area contributed by atoms with Gasteiger partial charge in [-0.25, -0.2) is 4.98 Å². The Morgan fingerprint density at radius 2 is 2.11 bits per heavy atom. The lowest BCUT2D eigenvalue weighted by Crippen LogP contribution is -2.45. The Balaban J connectivity index is 1.44. The molecule has 0 aliphatic carbocycles. The minimum absolute atomic E-state index is 0.0577. The molecule has 0 radical (unpaired) electrons. The number of para-hydroxylation sites is 1. The van der Waals surface area contributed by atoms with Gasteiger partial charge >= 0.3 is 0 Å². The predicted octanol–water partition coefficient (Wildman–Crippen LogP) is 4.78. The maximum Gasteiger partial charge on any atom is 0.263 e. The average molecular weight is 381 g/mol. The fourth-order valence-corrected chi connectivity index (χ4v) is 4.74. The third-order valence-corrected chi connectivity index (χ3v) is 6.24. The van der Waals surface area contributed by atoms with E-state index >= 15 is 0 Å². The van der Waals surface area contributed by atoms with Crippen LogP contribution in [0, 0.1) is 6.92 Å². The summed E-state index contributed by atoms with van der Waals surface area (Å²) >= 11 is 1.75. The summed E-state index contributed by atoms with van der Waals surface area (Å²) in [5.74, 6) is 1.11. The van der Waals surface area contributed by atoms with Gasteiger partial charge < -0.3 is 9.64 Å². The standard InChI is InChI=1S/C22H24N2O2S/c1-15-7-5-9-18(13-15)26-16(2)22(25)24-12-6-8-17(14-24)21-23-19-10-3-4-11-20(19)27-21/h3-5,7,9-11,13,16-17H,6,8,12,14H2,1-2H3/t16-,17-/m0/s1. The summed E-state index contributed by atoms with van der Waals surface area (Å²) in [6.45, 7) is 5.38. The van der Waals surface area contributed by atoms with Crippen LogP contribution >= 0.6 is 11.3 Å². The molecular weight excluding hydrogens is 356 g/mol. The molecule has 5 heteroatoms. The lowest BCUT2D eigenvalue weighted by atomic mass is 9.98. The highest BCUT2D eigenvalue weighted by Crippen LogP contribution is 2.33. The Labute approximate surface area is 163 Å². The van der Waals surface area contributed by atoms with Crippen LogP contribution in [0.1, 0.15) is 36.3 Å². The monoisotopic (exact) mass is 380 g/mol. The van der Waals surface area contributed by atoms with Crippen LogP contribution in [0.2, 0.25) is 0 Å². The summed E-state index contributed by atoms with van der Waals surface area (Å²) in [7, 11) is 0. The average Bonchev–Trinajstić information content (AvgIpc) is 3.12. The van der Waals surface area contributed by atoms with Crippen molar-refractivity contribution in [1.82, 2.24) is 9.88 Å². The highest BCUT2D eigenvalue weighted by molar-refractivity contribution is 7.18. The van der Waals surface area contributed by atoms with Crippen molar-refractivity contribution in [3.05, 3.63) is 59.1 Å². The van der Waals surface area contributed by atoms with Crippen LogP contribution in [0.25, 0.3) is 10.2 Å². The number of benzene rings is 2. The van der Waals surface area contributed by atoms with Crippen LogP contribution in [-0.4, -0.2) is 35.0 Å². The third kappa shape index (κ3) is 3.98. The molecule has 0 bridgehead atoms. The van der Waals surface area contributed by atoms with E-state index in [9.17, 15) is 4.79 Å². The number of aryl methyl sites for hydroxylation is 1. The molecule has 27 heavy (non-hydrogen) atoms. The van der Waals surface area contributed by atoms with Gasteiger partial charge in [0.1, 0.15) is 5.75 Å². The van der Waals surface area contributed by atoms with Gasteiger partial charge in [-0.1, -0.05) is 24.3 Å². The molecule has 1 saturated heterocycles. The van der Waals surface area contributed by atoms with Crippen LogP contribution in [0.5, 0.6) is 5.75 Å². The molecule has 2 atom stereocenters. The second kappa shape index (κ2) is 7.69. The molecule has 1 aliphatic rings. The number of carbonyl (C=O) groups is 1. The van der Waals surface area contributed by atoms with Gasteiger partial charge in [0.05, 0.1) is 15.2 Å². The quantitative estimate of drug-likeness (QED) is 0.654. The van der Waals surface area contributed by atoms with Crippen molar-refractivity contribution in [2.45, 2.75) is 38.7 Å². The fourth-order valence-electron chi connectivity index (χ4n) is 3.64. The minimum Gasteiger partial charge on any atom is -0.481 e. The first kappa shape index (κ1) is 18.0. The Hall–Kier alpha value is -2.40. The number of nitrogens with zero attached hydrogens (tertiary/aromatic N) is 2. The zero-order chi connectivity index (χ0) is 18.8. The second-order valence-corrected chi connectivity index (χ2v) is 8.28. The number of fused-ring (bicyclic) bond motifs is 1. The third-order valence-electron chi connectivity index (χ3n) is 5.04. The molecule has 4 rings (SSSR count). The number of carbonyl (C=O) groups excluding carboxylic acids is 1. The topological polar surface area (TPSA) is 42.4 Å². The highest BCUT2D eigenvalue weighted by Gasteiger charge is 2.30. The number of aromatic nitrogens is 1. The first-order valence-electron chi connectivity index (χ1n) is 9.48. The number of hydrogen-bond donors (Lipinski definition) is 0. The molecule has 3 aromatic rings. The summed E-state index contributed by atoms with van der Waals surface area (Å²) in [5, 5.41) is 1.14.